The molecule has 0 spiro atoms. The fourth-order valence-electron chi connectivity index (χ4n) is 0.885. The van der Waals surface area contributed by atoms with Crippen molar-refractivity contribution in [2.75, 3.05) is 13.7 Å². The lowest BCUT2D eigenvalue weighted by Crippen LogP contribution is -2.08. The van der Waals surface area contributed by atoms with Crippen molar-refractivity contribution in [1.82, 2.24) is 0 Å². The average Bonchev–Trinajstić information content (AvgIpc) is 2.22. The van der Waals surface area contributed by atoms with Crippen LogP contribution >= 0.6 is 0 Å². The second-order valence-corrected chi connectivity index (χ2v) is 2.96. The molecule has 0 N–H and O–H groups in total. The summed E-state index contributed by atoms with van der Waals surface area (Å²) in [6.45, 7) is 4.05. The van der Waals surface area contributed by atoms with Crippen LogP contribution in [0.5, 0.6) is 0 Å². The van der Waals surface area contributed by atoms with E-state index in [1.54, 1.807) is 6.08 Å². The molecule has 0 heterocycles. The lowest BCUT2D eigenvalue weighted by atomic mass is 10.1. The smallest absolute Gasteiger partial charge is 0.333 e. The van der Waals surface area contributed by atoms with Gasteiger partial charge in [0, 0.05) is 10.5 Å². The summed E-state index contributed by atoms with van der Waals surface area (Å²) in [5, 5.41) is 3.34. The maximum Gasteiger partial charge on any atom is 0.333 e. The third-order valence-corrected chi connectivity index (χ3v) is 1.88. The van der Waals surface area contributed by atoms with Crippen molar-refractivity contribution in [3.63, 3.8) is 0 Å². The Kier molecular flexibility index (Phi) is 6.24. The topological polar surface area (TPSA) is 75.1 Å². The summed E-state index contributed by atoms with van der Waals surface area (Å²) >= 11 is 0. The van der Waals surface area contributed by atoms with Crippen molar-refractivity contribution in [2.45, 2.75) is 20.3 Å². The van der Waals surface area contributed by atoms with E-state index < -0.39 is 5.97 Å². The Balaban J connectivity index is 4.61. The van der Waals surface area contributed by atoms with E-state index in [-0.39, 0.29) is 12.5 Å². The second kappa shape index (κ2) is 6.97. The van der Waals surface area contributed by atoms with Crippen molar-refractivity contribution < 1.29 is 9.53 Å². The fourth-order valence-corrected chi connectivity index (χ4v) is 0.885. The van der Waals surface area contributed by atoms with Gasteiger partial charge in [-0.1, -0.05) is 31.5 Å². The highest BCUT2D eigenvalue weighted by molar-refractivity contribution is 5.88. The van der Waals surface area contributed by atoms with Gasteiger partial charge in [-0.3, -0.25) is 0 Å². The number of carbonyl (C=O) groups excluding carboxylic acids is 1. The largest absolute Gasteiger partial charge is 0.466 e. The number of nitrogens with zero attached hydrogens (tertiary/aromatic N) is 3. The van der Waals surface area contributed by atoms with E-state index in [0.717, 1.165) is 6.42 Å². The van der Waals surface area contributed by atoms with Crippen LogP contribution in [0.1, 0.15) is 20.3 Å². The van der Waals surface area contributed by atoms with Crippen molar-refractivity contribution in [1.29, 1.82) is 0 Å². The zero-order valence-electron chi connectivity index (χ0n) is 8.73. The van der Waals surface area contributed by atoms with Crippen LogP contribution in [0.2, 0.25) is 0 Å². The molecule has 0 rings (SSSR count). The molecule has 5 heteroatoms. The molecule has 0 aromatic rings. The lowest BCUT2D eigenvalue weighted by molar-refractivity contribution is -0.136. The number of rotatable bonds is 5. The number of hydrogen-bond donors (Lipinski definition) is 0. The monoisotopic (exact) mass is 197 g/mol. The molecular formula is C9H15N3O2. The first-order chi connectivity index (χ1) is 6.65. The Morgan fingerprint density at radius 3 is 2.79 bits per heavy atom. The van der Waals surface area contributed by atoms with Crippen LogP contribution < -0.4 is 0 Å². The van der Waals surface area contributed by atoms with Gasteiger partial charge in [-0.2, -0.15) is 0 Å². The summed E-state index contributed by atoms with van der Waals surface area (Å²) in [4.78, 5) is 13.8. The molecule has 14 heavy (non-hydrogen) atoms. The zero-order chi connectivity index (χ0) is 11.0. The van der Waals surface area contributed by atoms with E-state index in [4.69, 9.17) is 5.53 Å². The summed E-state index contributed by atoms with van der Waals surface area (Å²) in [5.74, 6) is -0.157. The highest BCUT2D eigenvalue weighted by atomic mass is 16.5. The van der Waals surface area contributed by atoms with Crippen LogP contribution in [0.25, 0.3) is 10.4 Å². The van der Waals surface area contributed by atoms with E-state index in [9.17, 15) is 4.79 Å². The normalized spacial score (nSPS) is 12.9. The molecule has 78 valence electrons. The van der Waals surface area contributed by atoms with Gasteiger partial charge >= 0.3 is 5.97 Å². The minimum atomic E-state index is -0.433. The lowest BCUT2D eigenvalue weighted by Gasteiger charge is -2.05. The predicted molar refractivity (Wildman–Crippen MR) is 53.6 cm³/mol. The maximum absolute atomic E-state index is 11.2. The molecular weight excluding hydrogens is 182 g/mol. The first-order valence-electron chi connectivity index (χ1n) is 4.45. The van der Waals surface area contributed by atoms with Gasteiger partial charge in [-0.15, -0.1) is 0 Å². The standard InChI is InChI=1S/C9H15N3O2/c1-4-7(2)5-8(6-11-12-10)9(13)14-3/h5,7H,4,6H2,1-3H3. The summed E-state index contributed by atoms with van der Waals surface area (Å²) in [7, 11) is 1.31. The Labute approximate surface area is 83.4 Å². The molecule has 0 aliphatic heterocycles. The first-order valence-corrected chi connectivity index (χ1v) is 4.45. The molecule has 0 aliphatic rings. The van der Waals surface area contributed by atoms with Gasteiger partial charge in [-0.05, 0) is 11.4 Å². The van der Waals surface area contributed by atoms with Gasteiger partial charge in [0.15, 0.2) is 0 Å². The Bertz CT molecular complexity index is 267. The fraction of sp³-hybridized carbons (Fsp3) is 0.667. The van der Waals surface area contributed by atoms with E-state index in [0.29, 0.717) is 5.57 Å². The van der Waals surface area contributed by atoms with Crippen molar-refractivity contribution in [3.05, 3.63) is 22.1 Å². The molecule has 0 amide bonds. The van der Waals surface area contributed by atoms with Crippen LogP contribution in [0, 0.1) is 5.92 Å². The highest BCUT2D eigenvalue weighted by Crippen LogP contribution is 2.08. The molecule has 1 atom stereocenters. The quantitative estimate of drug-likeness (QED) is 0.223. The van der Waals surface area contributed by atoms with Crippen LogP contribution in [0.4, 0.5) is 0 Å². The summed E-state index contributed by atoms with van der Waals surface area (Å²) in [6.07, 6.45) is 2.71. The Hall–Kier alpha value is -1.48. The van der Waals surface area contributed by atoms with Gasteiger partial charge in [-0.25, -0.2) is 4.79 Å². The molecule has 0 aromatic heterocycles. The third kappa shape index (κ3) is 4.52. The van der Waals surface area contributed by atoms with Gasteiger partial charge in [0.05, 0.1) is 13.7 Å². The number of azide groups is 1. The average molecular weight is 197 g/mol. The first kappa shape index (κ1) is 12.5. The predicted octanol–water partition coefficient (Wildman–Crippen LogP) is 2.44. The molecule has 0 aliphatic carbocycles. The number of esters is 1. The van der Waals surface area contributed by atoms with E-state index in [1.807, 2.05) is 13.8 Å². The van der Waals surface area contributed by atoms with Gasteiger partial charge in [0.25, 0.3) is 0 Å². The van der Waals surface area contributed by atoms with E-state index in [2.05, 4.69) is 14.8 Å². The van der Waals surface area contributed by atoms with Crippen LogP contribution in [0.3, 0.4) is 0 Å². The third-order valence-electron chi connectivity index (χ3n) is 1.88. The van der Waals surface area contributed by atoms with Gasteiger partial charge in [0.2, 0.25) is 0 Å². The molecule has 0 bridgehead atoms. The summed E-state index contributed by atoms with van der Waals surface area (Å²) in [6, 6.07) is 0. The van der Waals surface area contributed by atoms with Crippen LogP contribution in [-0.4, -0.2) is 19.6 Å². The van der Waals surface area contributed by atoms with Crippen molar-refractivity contribution in [3.8, 4) is 0 Å². The highest BCUT2D eigenvalue weighted by Gasteiger charge is 2.09. The van der Waals surface area contributed by atoms with Gasteiger partial charge in [0.1, 0.15) is 0 Å². The van der Waals surface area contributed by atoms with Crippen molar-refractivity contribution >= 4 is 5.97 Å². The minimum Gasteiger partial charge on any atom is -0.466 e. The number of methoxy groups -OCH3 is 1. The molecule has 5 nitrogen and oxygen atoms in total. The van der Waals surface area contributed by atoms with Crippen LogP contribution in [0.15, 0.2) is 16.8 Å². The Morgan fingerprint density at radius 1 is 1.71 bits per heavy atom. The number of allylic oxidation sites excluding steroid dienone is 1. The second-order valence-electron chi connectivity index (χ2n) is 2.96. The number of carbonyl (C=O) groups is 1. The molecule has 0 saturated heterocycles. The molecule has 1 unspecified atom stereocenters. The van der Waals surface area contributed by atoms with E-state index >= 15 is 0 Å². The Morgan fingerprint density at radius 2 is 2.36 bits per heavy atom. The molecule has 0 saturated carbocycles. The number of ether oxygens (including phenoxy) is 1. The maximum atomic E-state index is 11.2. The van der Waals surface area contributed by atoms with Crippen molar-refractivity contribution in [2.24, 2.45) is 11.0 Å². The number of hydrogen-bond acceptors (Lipinski definition) is 3. The van der Waals surface area contributed by atoms with Gasteiger partial charge < -0.3 is 4.74 Å². The SMILES string of the molecule is CCC(C)C=C(CN=[N+]=[N-])C(=O)OC. The molecule has 0 radical (unpaired) electrons. The minimum absolute atomic E-state index is 0.0491. The van der Waals surface area contributed by atoms with Crippen LogP contribution in [-0.2, 0) is 9.53 Å². The molecule has 0 fully saturated rings. The summed E-state index contributed by atoms with van der Waals surface area (Å²) < 4.78 is 4.56. The van der Waals surface area contributed by atoms with E-state index in [1.165, 1.54) is 7.11 Å². The zero-order valence-corrected chi connectivity index (χ0v) is 8.73. The summed E-state index contributed by atoms with van der Waals surface area (Å²) in [5.41, 5.74) is 8.56. The molecule has 0 aromatic carbocycles.